The first-order valence-corrected chi connectivity index (χ1v) is 9.64. The van der Waals surface area contributed by atoms with Crippen LogP contribution in [0.25, 0.3) is 0 Å². The van der Waals surface area contributed by atoms with Gasteiger partial charge in [-0.05, 0) is 44.5 Å². The Balaban J connectivity index is 2.00. The summed E-state index contributed by atoms with van der Waals surface area (Å²) in [5, 5.41) is 3.13. The lowest BCUT2D eigenvalue weighted by Gasteiger charge is -2.24. The highest BCUT2D eigenvalue weighted by Crippen LogP contribution is 2.20. The predicted molar refractivity (Wildman–Crippen MR) is 90.7 cm³/mol. The molecule has 0 bridgehead atoms. The number of nitrogens with one attached hydrogen (secondary N) is 2. The Kier molecular flexibility index (Phi) is 6.15. The third-order valence-electron chi connectivity index (χ3n) is 4.15. The number of hydrogen-bond donors (Lipinski definition) is 2. The van der Waals surface area contributed by atoms with E-state index >= 15 is 0 Å². The predicted octanol–water partition coefficient (Wildman–Crippen LogP) is 0.950. The van der Waals surface area contributed by atoms with Crippen LogP contribution in [0.2, 0.25) is 0 Å². The lowest BCUT2D eigenvalue weighted by Crippen LogP contribution is -2.40. The van der Waals surface area contributed by atoms with Crippen LogP contribution in [0.4, 0.5) is 0 Å². The van der Waals surface area contributed by atoms with Crippen molar-refractivity contribution in [1.29, 1.82) is 0 Å². The van der Waals surface area contributed by atoms with Crippen molar-refractivity contribution in [3.05, 3.63) is 35.4 Å². The quantitative estimate of drug-likeness (QED) is 0.775. The fraction of sp³-hybridized carbons (Fsp3) is 0.562. The van der Waals surface area contributed by atoms with Gasteiger partial charge >= 0.3 is 0 Å². The van der Waals surface area contributed by atoms with Gasteiger partial charge in [0.15, 0.2) is 0 Å². The van der Waals surface area contributed by atoms with E-state index in [2.05, 4.69) is 10.0 Å². The number of benzene rings is 1. The van der Waals surface area contributed by atoms with E-state index in [1.807, 2.05) is 11.9 Å². The minimum atomic E-state index is -3.20. The van der Waals surface area contributed by atoms with Crippen molar-refractivity contribution < 1.29 is 13.2 Å². The molecule has 1 amide bonds. The van der Waals surface area contributed by atoms with Crippen LogP contribution in [0.15, 0.2) is 24.3 Å². The SMILES string of the molecule is CCS(=O)(=O)NCc1ccc(C(=O)N2CCCC2CNC)cc1. The molecule has 1 atom stereocenters. The van der Waals surface area contributed by atoms with E-state index < -0.39 is 10.0 Å². The zero-order chi connectivity index (χ0) is 16.9. The summed E-state index contributed by atoms with van der Waals surface area (Å²) in [4.78, 5) is 14.5. The smallest absolute Gasteiger partial charge is 0.254 e. The van der Waals surface area contributed by atoms with Gasteiger partial charge in [-0.1, -0.05) is 12.1 Å². The molecule has 0 aliphatic carbocycles. The Labute approximate surface area is 138 Å². The molecule has 1 fully saturated rings. The van der Waals surface area contributed by atoms with Gasteiger partial charge in [-0.3, -0.25) is 4.79 Å². The number of likely N-dealkylation sites (N-methyl/N-ethyl adjacent to an activating group) is 1. The molecule has 23 heavy (non-hydrogen) atoms. The maximum Gasteiger partial charge on any atom is 0.254 e. The van der Waals surface area contributed by atoms with Gasteiger partial charge in [0, 0.05) is 31.2 Å². The summed E-state index contributed by atoms with van der Waals surface area (Å²) in [5.74, 6) is 0.106. The number of nitrogens with zero attached hydrogens (tertiary/aromatic N) is 1. The minimum Gasteiger partial charge on any atom is -0.334 e. The molecule has 1 saturated heterocycles. The lowest BCUT2D eigenvalue weighted by atomic mass is 10.1. The van der Waals surface area contributed by atoms with Crippen LogP contribution in [0.3, 0.4) is 0 Å². The summed E-state index contributed by atoms with van der Waals surface area (Å²) in [6.45, 7) is 3.45. The van der Waals surface area contributed by atoms with Crippen molar-refractivity contribution in [1.82, 2.24) is 14.9 Å². The number of hydrogen-bond acceptors (Lipinski definition) is 4. The molecule has 1 aromatic rings. The topological polar surface area (TPSA) is 78.5 Å². The Bertz CT molecular complexity index is 628. The molecule has 128 valence electrons. The summed E-state index contributed by atoms with van der Waals surface area (Å²) < 4.78 is 25.4. The number of rotatable bonds is 7. The Hall–Kier alpha value is -1.44. The Morgan fingerprint density at radius 2 is 2.00 bits per heavy atom. The molecule has 2 N–H and O–H groups in total. The van der Waals surface area contributed by atoms with Crippen molar-refractivity contribution >= 4 is 15.9 Å². The zero-order valence-corrected chi connectivity index (χ0v) is 14.5. The molecule has 1 unspecified atom stereocenters. The molecule has 0 aromatic heterocycles. The summed E-state index contributed by atoms with van der Waals surface area (Å²) in [6, 6.07) is 7.39. The average Bonchev–Trinajstić information content (AvgIpc) is 3.01. The second-order valence-corrected chi connectivity index (χ2v) is 7.87. The van der Waals surface area contributed by atoms with Crippen molar-refractivity contribution in [2.45, 2.75) is 32.4 Å². The van der Waals surface area contributed by atoms with E-state index in [0.717, 1.165) is 31.5 Å². The van der Waals surface area contributed by atoms with Gasteiger partial charge in [0.2, 0.25) is 10.0 Å². The Morgan fingerprint density at radius 3 is 2.61 bits per heavy atom. The van der Waals surface area contributed by atoms with Crippen LogP contribution in [-0.2, 0) is 16.6 Å². The van der Waals surface area contributed by atoms with Crippen LogP contribution < -0.4 is 10.0 Å². The molecule has 1 heterocycles. The molecule has 0 spiro atoms. The van der Waals surface area contributed by atoms with Crippen LogP contribution in [0.1, 0.15) is 35.7 Å². The summed E-state index contributed by atoms with van der Waals surface area (Å²) in [5.41, 5.74) is 1.49. The number of carbonyl (C=O) groups is 1. The van der Waals surface area contributed by atoms with Crippen LogP contribution >= 0.6 is 0 Å². The molecule has 1 aliphatic rings. The summed E-state index contributed by atoms with van der Waals surface area (Å²) >= 11 is 0. The van der Waals surface area contributed by atoms with Gasteiger partial charge in [-0.15, -0.1) is 0 Å². The number of sulfonamides is 1. The molecule has 1 aliphatic heterocycles. The number of amides is 1. The monoisotopic (exact) mass is 339 g/mol. The van der Waals surface area contributed by atoms with E-state index in [-0.39, 0.29) is 24.2 Å². The maximum atomic E-state index is 12.6. The summed E-state index contributed by atoms with van der Waals surface area (Å²) in [6.07, 6.45) is 2.07. The van der Waals surface area contributed by atoms with Crippen LogP contribution in [0, 0.1) is 0 Å². The van der Waals surface area contributed by atoms with E-state index in [1.54, 1.807) is 31.2 Å². The lowest BCUT2D eigenvalue weighted by molar-refractivity contribution is 0.0737. The van der Waals surface area contributed by atoms with E-state index in [9.17, 15) is 13.2 Å². The molecule has 7 heteroatoms. The molecule has 0 saturated carbocycles. The highest BCUT2D eigenvalue weighted by Gasteiger charge is 2.28. The van der Waals surface area contributed by atoms with Gasteiger partial charge in [0.25, 0.3) is 5.91 Å². The standard InChI is InChI=1S/C16H25N3O3S/c1-3-23(21,22)18-11-13-6-8-14(9-7-13)16(20)19-10-4-5-15(19)12-17-2/h6-9,15,17-18H,3-5,10-12H2,1-2H3. The van der Waals surface area contributed by atoms with Crippen LogP contribution in [-0.4, -0.2) is 51.2 Å². The van der Waals surface area contributed by atoms with Gasteiger partial charge in [-0.2, -0.15) is 0 Å². The molecule has 2 rings (SSSR count). The molecular formula is C16H25N3O3S. The second kappa shape index (κ2) is 7.90. The molecule has 0 radical (unpaired) electrons. The van der Waals surface area contributed by atoms with Gasteiger partial charge in [0.05, 0.1) is 5.75 Å². The average molecular weight is 339 g/mol. The third-order valence-corrected chi connectivity index (χ3v) is 5.50. The van der Waals surface area contributed by atoms with E-state index in [1.165, 1.54) is 0 Å². The fourth-order valence-corrected chi connectivity index (χ4v) is 3.37. The third kappa shape index (κ3) is 4.76. The highest BCUT2D eigenvalue weighted by atomic mass is 32.2. The molecular weight excluding hydrogens is 314 g/mol. The first-order valence-electron chi connectivity index (χ1n) is 7.98. The number of likely N-dealkylation sites (tertiary alicyclic amines) is 1. The van der Waals surface area contributed by atoms with Gasteiger partial charge in [0.1, 0.15) is 0 Å². The van der Waals surface area contributed by atoms with Crippen molar-refractivity contribution in [2.75, 3.05) is 25.9 Å². The normalized spacial score (nSPS) is 18.3. The molecule has 6 nitrogen and oxygen atoms in total. The van der Waals surface area contributed by atoms with Crippen molar-refractivity contribution in [3.63, 3.8) is 0 Å². The second-order valence-electron chi connectivity index (χ2n) is 5.77. The summed E-state index contributed by atoms with van der Waals surface area (Å²) in [7, 11) is -1.31. The minimum absolute atomic E-state index is 0.0449. The highest BCUT2D eigenvalue weighted by molar-refractivity contribution is 7.89. The van der Waals surface area contributed by atoms with Gasteiger partial charge in [-0.25, -0.2) is 13.1 Å². The van der Waals surface area contributed by atoms with Crippen molar-refractivity contribution in [3.8, 4) is 0 Å². The number of carbonyl (C=O) groups excluding carboxylic acids is 1. The maximum absolute atomic E-state index is 12.6. The van der Waals surface area contributed by atoms with Crippen molar-refractivity contribution in [2.24, 2.45) is 0 Å². The van der Waals surface area contributed by atoms with Crippen LogP contribution in [0.5, 0.6) is 0 Å². The largest absolute Gasteiger partial charge is 0.334 e. The fourth-order valence-electron chi connectivity index (χ4n) is 2.78. The van der Waals surface area contributed by atoms with Gasteiger partial charge < -0.3 is 10.2 Å². The Morgan fingerprint density at radius 1 is 1.30 bits per heavy atom. The molecule has 1 aromatic carbocycles. The first kappa shape index (κ1) is 17.9. The van der Waals surface area contributed by atoms with E-state index in [4.69, 9.17) is 0 Å². The first-order chi connectivity index (χ1) is 11.0. The zero-order valence-electron chi connectivity index (χ0n) is 13.7. The van der Waals surface area contributed by atoms with E-state index in [0.29, 0.717) is 5.56 Å².